The van der Waals surface area contributed by atoms with E-state index in [4.69, 9.17) is 4.74 Å². The molecule has 2 nitrogen and oxygen atoms in total. The van der Waals surface area contributed by atoms with Crippen LogP contribution in [0.3, 0.4) is 0 Å². The molecule has 1 aromatic carbocycles. The first kappa shape index (κ1) is 13.3. The summed E-state index contributed by atoms with van der Waals surface area (Å²) in [6, 6.07) is 4.36. The molecule has 3 heteroatoms. The molecule has 0 spiro atoms. The molecule has 0 aromatic heterocycles. The van der Waals surface area contributed by atoms with Crippen molar-refractivity contribution in [1.29, 1.82) is 0 Å². The second-order valence-electron chi connectivity index (χ2n) is 5.73. The summed E-state index contributed by atoms with van der Waals surface area (Å²) < 4.78 is 18.7. The molecule has 2 rings (SSSR count). The van der Waals surface area contributed by atoms with Crippen LogP contribution in [0.2, 0.25) is 0 Å². The summed E-state index contributed by atoms with van der Waals surface area (Å²) in [7, 11) is 1.55. The SMILES string of the molecule is COc1ccc(F)cc1C1(O)CC(C)CC(C)C1. The molecule has 18 heavy (non-hydrogen) atoms. The fraction of sp³-hybridized carbons (Fsp3) is 0.600. The summed E-state index contributed by atoms with van der Waals surface area (Å²) in [5.74, 6) is 1.11. The molecule has 100 valence electrons. The molecule has 0 amide bonds. The Labute approximate surface area is 108 Å². The molecule has 1 N–H and O–H groups in total. The third-order valence-corrected chi connectivity index (χ3v) is 3.84. The van der Waals surface area contributed by atoms with Gasteiger partial charge in [0.05, 0.1) is 12.7 Å². The van der Waals surface area contributed by atoms with Crippen LogP contribution < -0.4 is 4.74 Å². The van der Waals surface area contributed by atoms with Crippen LogP contribution in [0.5, 0.6) is 5.75 Å². The molecule has 1 aliphatic rings. The lowest BCUT2D eigenvalue weighted by molar-refractivity contribution is -0.0380. The van der Waals surface area contributed by atoms with E-state index >= 15 is 0 Å². The standard InChI is InChI=1S/C15H21FO2/c1-10-6-11(2)9-15(17,8-10)13-7-12(16)4-5-14(13)18-3/h4-5,7,10-11,17H,6,8-9H2,1-3H3. The monoisotopic (exact) mass is 252 g/mol. The number of ether oxygens (including phenoxy) is 1. The highest BCUT2D eigenvalue weighted by molar-refractivity contribution is 5.39. The fourth-order valence-corrected chi connectivity index (χ4v) is 3.35. The average Bonchev–Trinajstić information content (AvgIpc) is 2.27. The van der Waals surface area contributed by atoms with E-state index in [1.807, 2.05) is 0 Å². The van der Waals surface area contributed by atoms with Gasteiger partial charge in [0.1, 0.15) is 11.6 Å². The maximum atomic E-state index is 13.4. The highest BCUT2D eigenvalue weighted by Gasteiger charge is 2.39. The first-order chi connectivity index (χ1) is 8.44. The lowest BCUT2D eigenvalue weighted by atomic mass is 9.70. The van der Waals surface area contributed by atoms with E-state index in [0.717, 1.165) is 6.42 Å². The highest BCUT2D eigenvalue weighted by atomic mass is 19.1. The van der Waals surface area contributed by atoms with E-state index in [9.17, 15) is 9.50 Å². The number of methoxy groups -OCH3 is 1. The van der Waals surface area contributed by atoms with Crippen LogP contribution in [-0.4, -0.2) is 12.2 Å². The summed E-state index contributed by atoms with van der Waals surface area (Å²) in [4.78, 5) is 0. The zero-order valence-corrected chi connectivity index (χ0v) is 11.2. The van der Waals surface area contributed by atoms with Crippen LogP contribution in [0.15, 0.2) is 18.2 Å². The molecule has 1 aromatic rings. The fourth-order valence-electron chi connectivity index (χ4n) is 3.35. The minimum Gasteiger partial charge on any atom is -0.496 e. The van der Waals surface area contributed by atoms with Crippen molar-refractivity contribution in [2.45, 2.75) is 38.7 Å². The number of rotatable bonds is 2. The molecule has 0 aliphatic heterocycles. The van der Waals surface area contributed by atoms with Gasteiger partial charge < -0.3 is 9.84 Å². The molecule has 1 saturated carbocycles. The van der Waals surface area contributed by atoms with Crippen molar-refractivity contribution in [1.82, 2.24) is 0 Å². The van der Waals surface area contributed by atoms with E-state index in [1.54, 1.807) is 13.2 Å². The van der Waals surface area contributed by atoms with Crippen molar-refractivity contribution in [3.05, 3.63) is 29.6 Å². The van der Waals surface area contributed by atoms with Gasteiger partial charge in [-0.2, -0.15) is 0 Å². The maximum Gasteiger partial charge on any atom is 0.125 e. The van der Waals surface area contributed by atoms with Crippen molar-refractivity contribution in [2.24, 2.45) is 11.8 Å². The molecular weight excluding hydrogens is 231 g/mol. The van der Waals surface area contributed by atoms with Crippen molar-refractivity contribution >= 4 is 0 Å². The average molecular weight is 252 g/mol. The van der Waals surface area contributed by atoms with E-state index in [-0.39, 0.29) is 5.82 Å². The zero-order chi connectivity index (χ0) is 13.3. The third-order valence-electron chi connectivity index (χ3n) is 3.84. The van der Waals surface area contributed by atoms with E-state index in [2.05, 4.69) is 13.8 Å². The van der Waals surface area contributed by atoms with Gasteiger partial charge in [-0.25, -0.2) is 4.39 Å². The second-order valence-corrected chi connectivity index (χ2v) is 5.73. The van der Waals surface area contributed by atoms with Gasteiger partial charge in [0, 0.05) is 5.56 Å². The van der Waals surface area contributed by atoms with Crippen molar-refractivity contribution in [3.63, 3.8) is 0 Å². The Kier molecular flexibility index (Phi) is 3.62. The smallest absolute Gasteiger partial charge is 0.125 e. The predicted molar refractivity (Wildman–Crippen MR) is 69.0 cm³/mol. The topological polar surface area (TPSA) is 29.5 Å². The predicted octanol–water partition coefficient (Wildman–Crippen LogP) is 3.48. The van der Waals surface area contributed by atoms with E-state index in [1.165, 1.54) is 12.1 Å². The van der Waals surface area contributed by atoms with Crippen LogP contribution in [0.1, 0.15) is 38.7 Å². The molecule has 0 bridgehead atoms. The summed E-state index contributed by atoms with van der Waals surface area (Å²) in [6.45, 7) is 4.26. The maximum absolute atomic E-state index is 13.4. The van der Waals surface area contributed by atoms with E-state index in [0.29, 0.717) is 36.0 Å². The number of hydrogen-bond acceptors (Lipinski definition) is 2. The first-order valence-corrected chi connectivity index (χ1v) is 6.51. The van der Waals surface area contributed by atoms with Gasteiger partial charge in [-0.15, -0.1) is 0 Å². The van der Waals surface area contributed by atoms with Crippen LogP contribution >= 0.6 is 0 Å². The Balaban J connectivity index is 2.42. The summed E-state index contributed by atoms with van der Waals surface area (Å²) in [6.07, 6.45) is 2.44. The number of aliphatic hydroxyl groups is 1. The molecule has 0 heterocycles. The summed E-state index contributed by atoms with van der Waals surface area (Å²) >= 11 is 0. The Bertz CT molecular complexity index is 421. The summed E-state index contributed by atoms with van der Waals surface area (Å²) in [5.41, 5.74) is -0.381. The highest BCUT2D eigenvalue weighted by Crippen LogP contribution is 2.45. The number of benzene rings is 1. The molecule has 1 fully saturated rings. The van der Waals surface area contributed by atoms with Gasteiger partial charge in [0.15, 0.2) is 0 Å². The van der Waals surface area contributed by atoms with E-state index < -0.39 is 5.60 Å². The quantitative estimate of drug-likeness (QED) is 0.873. The Morgan fingerprint density at radius 1 is 1.28 bits per heavy atom. The van der Waals surface area contributed by atoms with Crippen LogP contribution in [-0.2, 0) is 5.60 Å². The number of halogens is 1. The lowest BCUT2D eigenvalue weighted by Gasteiger charge is -2.39. The zero-order valence-electron chi connectivity index (χ0n) is 11.2. The van der Waals surface area contributed by atoms with Gasteiger partial charge in [0.25, 0.3) is 0 Å². The van der Waals surface area contributed by atoms with Crippen molar-refractivity contribution < 1.29 is 14.2 Å². The third kappa shape index (κ3) is 2.51. The lowest BCUT2D eigenvalue weighted by Crippen LogP contribution is -2.35. The van der Waals surface area contributed by atoms with Gasteiger partial charge in [0.2, 0.25) is 0 Å². The van der Waals surface area contributed by atoms with Crippen molar-refractivity contribution in [3.8, 4) is 5.75 Å². The molecular formula is C15H21FO2. The Morgan fingerprint density at radius 2 is 1.89 bits per heavy atom. The molecule has 0 saturated heterocycles. The van der Waals surface area contributed by atoms with Crippen LogP contribution in [0.4, 0.5) is 4.39 Å². The molecule has 1 aliphatic carbocycles. The molecule has 2 unspecified atom stereocenters. The van der Waals surface area contributed by atoms with Gasteiger partial charge in [-0.1, -0.05) is 13.8 Å². The molecule has 2 atom stereocenters. The minimum absolute atomic E-state index is 0.329. The van der Waals surface area contributed by atoms with Gasteiger partial charge >= 0.3 is 0 Å². The minimum atomic E-state index is -0.968. The van der Waals surface area contributed by atoms with Crippen LogP contribution in [0, 0.1) is 17.7 Å². The van der Waals surface area contributed by atoms with Crippen molar-refractivity contribution in [2.75, 3.05) is 7.11 Å². The Hall–Kier alpha value is -1.09. The summed E-state index contributed by atoms with van der Waals surface area (Å²) in [5, 5.41) is 10.9. The first-order valence-electron chi connectivity index (χ1n) is 6.51. The van der Waals surface area contributed by atoms with Crippen LogP contribution in [0.25, 0.3) is 0 Å². The normalized spacial score (nSPS) is 32.3. The second kappa shape index (κ2) is 4.88. The van der Waals surface area contributed by atoms with Gasteiger partial charge in [-0.05, 0) is 49.3 Å². The van der Waals surface area contributed by atoms with Gasteiger partial charge in [-0.3, -0.25) is 0 Å². The largest absolute Gasteiger partial charge is 0.496 e. The molecule has 0 radical (unpaired) electrons. The Morgan fingerprint density at radius 3 is 2.44 bits per heavy atom. The number of hydrogen-bond donors (Lipinski definition) is 1.